The van der Waals surface area contributed by atoms with E-state index in [1.807, 2.05) is 0 Å². The number of hydrogen-bond donors (Lipinski definition) is 4. The summed E-state index contributed by atoms with van der Waals surface area (Å²) in [5, 5.41) is 35.7. The van der Waals surface area contributed by atoms with E-state index in [9.17, 15) is 0 Å². The van der Waals surface area contributed by atoms with Gasteiger partial charge in [0.15, 0.2) is 0 Å². The van der Waals surface area contributed by atoms with Gasteiger partial charge in [-0.3, -0.25) is 0 Å². The van der Waals surface area contributed by atoms with Gasteiger partial charge in [0, 0.05) is 0 Å². The van der Waals surface area contributed by atoms with Crippen LogP contribution in [-0.2, 0) is 0 Å². The molecule has 0 aliphatic heterocycles. The van der Waals surface area contributed by atoms with E-state index in [0.717, 1.165) is 12.8 Å². The van der Waals surface area contributed by atoms with E-state index >= 15 is 0 Å². The smallest absolute Gasteiger partial charge is 0.427 e. The lowest BCUT2D eigenvalue weighted by Gasteiger charge is -2.31. The van der Waals surface area contributed by atoms with Crippen LogP contribution in [0.3, 0.4) is 0 Å². The van der Waals surface area contributed by atoms with E-state index in [2.05, 4.69) is 0 Å². The van der Waals surface area contributed by atoms with Crippen LogP contribution in [0.5, 0.6) is 0 Å². The molecule has 1 fully saturated rings. The lowest BCUT2D eigenvalue weighted by atomic mass is 9.65. The molecular weight excluding hydrogens is 219 g/mol. The van der Waals surface area contributed by atoms with Crippen molar-refractivity contribution in [1.82, 2.24) is 0 Å². The Bertz CT molecular complexity index is 188. The predicted octanol–water partition coefficient (Wildman–Crippen LogP) is 1.32. The van der Waals surface area contributed by atoms with Crippen LogP contribution in [0.25, 0.3) is 0 Å². The van der Waals surface area contributed by atoms with Gasteiger partial charge in [0.1, 0.15) is 0 Å². The summed E-state index contributed by atoms with van der Waals surface area (Å²) >= 11 is 0. The van der Waals surface area contributed by atoms with Gasteiger partial charge in [-0.05, 0) is 33.5 Å². The third-order valence-electron chi connectivity index (χ3n) is 3.57. The Balaban J connectivity index is 0.000000304. The van der Waals surface area contributed by atoms with Crippen molar-refractivity contribution in [2.24, 2.45) is 0 Å². The molecule has 0 bridgehead atoms. The highest BCUT2D eigenvalue weighted by molar-refractivity contribution is 6.43. The molecule has 4 N–H and O–H groups in total. The van der Waals surface area contributed by atoms with Crippen LogP contribution < -0.4 is 0 Å². The molecule has 4 nitrogen and oxygen atoms in total. The molecule has 0 spiro atoms. The fourth-order valence-corrected chi connectivity index (χ4v) is 1.43. The maximum Gasteiger partial charge on any atom is 0.454 e. The number of aliphatic hydroxyl groups is 2. The Morgan fingerprint density at radius 1 is 0.824 bits per heavy atom. The summed E-state index contributed by atoms with van der Waals surface area (Å²) in [4.78, 5) is 0. The van der Waals surface area contributed by atoms with E-state index in [-0.39, 0.29) is 5.82 Å². The first kappa shape index (κ1) is 16.9. The first-order chi connectivity index (χ1) is 7.55. The second-order valence-corrected chi connectivity index (χ2v) is 5.93. The lowest BCUT2D eigenvalue weighted by Crippen LogP contribution is -2.44. The van der Waals surface area contributed by atoms with Crippen molar-refractivity contribution in [3.63, 3.8) is 0 Å². The highest BCUT2D eigenvalue weighted by Crippen LogP contribution is 2.29. The minimum atomic E-state index is -1.06. The van der Waals surface area contributed by atoms with E-state index in [1.54, 1.807) is 27.7 Å². The van der Waals surface area contributed by atoms with Crippen LogP contribution in [-0.4, -0.2) is 38.6 Å². The molecular formula is C12H27BO4. The van der Waals surface area contributed by atoms with Crippen molar-refractivity contribution < 1.29 is 20.3 Å². The highest BCUT2D eigenvalue weighted by Gasteiger charge is 2.31. The van der Waals surface area contributed by atoms with Crippen molar-refractivity contribution in [2.75, 3.05) is 0 Å². The van der Waals surface area contributed by atoms with Gasteiger partial charge in [-0.1, -0.05) is 32.1 Å². The number of hydrogen-bond acceptors (Lipinski definition) is 4. The van der Waals surface area contributed by atoms with Gasteiger partial charge in [0.25, 0.3) is 0 Å². The predicted molar refractivity (Wildman–Crippen MR) is 69.6 cm³/mol. The standard InChI is InChI=1S/C6H13BO2.C6H14O2/c8-7(9)6-4-2-1-3-5-6;1-5(2,7)6(3,4)8/h6,8-9H,1-5H2;7-8H,1-4H3. The Morgan fingerprint density at radius 3 is 1.35 bits per heavy atom. The zero-order valence-corrected chi connectivity index (χ0v) is 11.5. The summed E-state index contributed by atoms with van der Waals surface area (Å²) in [5.41, 5.74) is -2.01. The van der Waals surface area contributed by atoms with Crippen LogP contribution in [0.4, 0.5) is 0 Å². The third kappa shape index (κ3) is 7.04. The number of rotatable bonds is 2. The minimum Gasteiger partial charge on any atom is -0.427 e. The van der Waals surface area contributed by atoms with Gasteiger partial charge >= 0.3 is 7.12 Å². The zero-order valence-electron chi connectivity index (χ0n) is 11.5. The molecule has 0 saturated heterocycles. The highest BCUT2D eigenvalue weighted by atomic mass is 16.4. The average molecular weight is 246 g/mol. The monoisotopic (exact) mass is 246 g/mol. The van der Waals surface area contributed by atoms with Gasteiger partial charge in [-0.25, -0.2) is 0 Å². The second-order valence-electron chi connectivity index (χ2n) is 5.93. The van der Waals surface area contributed by atoms with Gasteiger partial charge < -0.3 is 20.3 Å². The molecule has 0 aromatic rings. The molecule has 1 aliphatic carbocycles. The molecule has 1 aliphatic rings. The SMILES string of the molecule is CC(C)(O)C(C)(C)O.OB(O)C1CCCCC1. The Hall–Kier alpha value is -0.0951. The molecule has 17 heavy (non-hydrogen) atoms. The first-order valence-corrected chi connectivity index (χ1v) is 6.36. The maximum absolute atomic E-state index is 9.10. The molecule has 1 rings (SSSR count). The van der Waals surface area contributed by atoms with E-state index in [0.29, 0.717) is 0 Å². The van der Waals surface area contributed by atoms with Crippen molar-refractivity contribution in [1.29, 1.82) is 0 Å². The Labute approximate surface area is 105 Å². The maximum atomic E-state index is 9.10. The fourth-order valence-electron chi connectivity index (χ4n) is 1.43. The first-order valence-electron chi connectivity index (χ1n) is 6.36. The minimum absolute atomic E-state index is 0.166. The molecule has 1 saturated carbocycles. The molecule has 5 heteroatoms. The summed E-state index contributed by atoms with van der Waals surface area (Å²) < 4.78 is 0. The summed E-state index contributed by atoms with van der Waals surface area (Å²) in [6.45, 7) is 6.31. The average Bonchev–Trinajstić information content (AvgIpc) is 2.17. The topological polar surface area (TPSA) is 80.9 Å². The van der Waals surface area contributed by atoms with E-state index < -0.39 is 18.3 Å². The molecule has 0 atom stereocenters. The van der Waals surface area contributed by atoms with Crippen molar-refractivity contribution in [3.8, 4) is 0 Å². The largest absolute Gasteiger partial charge is 0.454 e. The van der Waals surface area contributed by atoms with Crippen molar-refractivity contribution in [2.45, 2.75) is 76.8 Å². The molecule has 0 aromatic carbocycles. The van der Waals surface area contributed by atoms with Crippen molar-refractivity contribution in [3.05, 3.63) is 0 Å². The molecule has 102 valence electrons. The molecule has 0 heterocycles. The van der Waals surface area contributed by atoms with E-state index in [4.69, 9.17) is 20.3 Å². The molecule has 0 aromatic heterocycles. The van der Waals surface area contributed by atoms with Crippen LogP contribution >= 0.6 is 0 Å². The zero-order chi connectivity index (χ0) is 13.7. The normalized spacial score (nSPS) is 18.4. The molecule has 0 amide bonds. The fraction of sp³-hybridized carbons (Fsp3) is 1.00. The van der Waals surface area contributed by atoms with Crippen LogP contribution in [0.15, 0.2) is 0 Å². The van der Waals surface area contributed by atoms with Gasteiger partial charge in [-0.15, -0.1) is 0 Å². The summed E-state index contributed by atoms with van der Waals surface area (Å²) in [7, 11) is -1.06. The molecule has 0 radical (unpaired) electrons. The summed E-state index contributed by atoms with van der Waals surface area (Å²) in [5.74, 6) is 0.166. The Kier molecular flexibility index (Phi) is 6.70. The van der Waals surface area contributed by atoms with Crippen molar-refractivity contribution >= 4 is 7.12 Å². The Morgan fingerprint density at radius 2 is 1.18 bits per heavy atom. The third-order valence-corrected chi connectivity index (χ3v) is 3.57. The lowest BCUT2D eigenvalue weighted by molar-refractivity contribution is -0.107. The molecule has 0 unspecified atom stereocenters. The van der Waals surface area contributed by atoms with Crippen LogP contribution in [0, 0.1) is 0 Å². The summed E-state index contributed by atoms with van der Waals surface area (Å²) in [6.07, 6.45) is 5.60. The summed E-state index contributed by atoms with van der Waals surface area (Å²) in [6, 6.07) is 0. The van der Waals surface area contributed by atoms with Crippen LogP contribution in [0.2, 0.25) is 5.82 Å². The van der Waals surface area contributed by atoms with E-state index in [1.165, 1.54) is 19.3 Å². The van der Waals surface area contributed by atoms with Gasteiger partial charge in [0.2, 0.25) is 0 Å². The quantitative estimate of drug-likeness (QED) is 0.554. The second kappa shape index (κ2) is 6.73. The van der Waals surface area contributed by atoms with Crippen LogP contribution in [0.1, 0.15) is 59.8 Å². The van der Waals surface area contributed by atoms with Gasteiger partial charge in [-0.2, -0.15) is 0 Å². The van der Waals surface area contributed by atoms with Gasteiger partial charge in [0.05, 0.1) is 11.2 Å².